The summed E-state index contributed by atoms with van der Waals surface area (Å²) in [6, 6.07) is 2.98. The first-order valence-electron chi connectivity index (χ1n) is 5.00. The molecule has 1 aliphatic rings. The Labute approximate surface area is 92.4 Å². The molecule has 86 valence electrons. The highest BCUT2D eigenvalue weighted by molar-refractivity contribution is 5.98. The van der Waals surface area contributed by atoms with Crippen molar-refractivity contribution in [1.29, 1.82) is 0 Å². The van der Waals surface area contributed by atoms with Crippen molar-refractivity contribution in [3.8, 4) is 11.5 Å². The molecule has 1 aromatic rings. The van der Waals surface area contributed by atoms with Crippen molar-refractivity contribution in [3.05, 3.63) is 23.5 Å². The highest BCUT2D eigenvalue weighted by Crippen LogP contribution is 2.34. The number of nitrogens with one attached hydrogen (secondary N) is 1. The van der Waals surface area contributed by atoms with Gasteiger partial charge in [-0.15, -0.1) is 0 Å². The van der Waals surface area contributed by atoms with Crippen LogP contribution in [0.4, 0.5) is 4.39 Å². The third-order valence-corrected chi connectivity index (χ3v) is 2.29. The van der Waals surface area contributed by atoms with Crippen molar-refractivity contribution in [3.63, 3.8) is 0 Å². The van der Waals surface area contributed by atoms with E-state index in [9.17, 15) is 9.18 Å². The summed E-state index contributed by atoms with van der Waals surface area (Å²) in [5.74, 6) is -0.563. The lowest BCUT2D eigenvalue weighted by atomic mass is 10.1. The van der Waals surface area contributed by atoms with Crippen LogP contribution in [0.25, 0.3) is 0 Å². The normalized spacial score (nSPS) is 13.6. The van der Waals surface area contributed by atoms with Crippen LogP contribution in [0.2, 0.25) is 0 Å². The van der Waals surface area contributed by atoms with E-state index < -0.39 is 5.82 Å². The van der Waals surface area contributed by atoms with Crippen LogP contribution in [-0.4, -0.2) is 32.6 Å². The fraction of sp³-hybridized carbons (Fsp3) is 0.364. The van der Waals surface area contributed by atoms with Gasteiger partial charge in [-0.25, -0.2) is 4.39 Å². The molecule has 0 aliphatic carbocycles. The van der Waals surface area contributed by atoms with Gasteiger partial charge in [-0.05, 0) is 19.2 Å². The number of halogens is 1. The zero-order valence-corrected chi connectivity index (χ0v) is 8.88. The Balaban J connectivity index is 2.37. The summed E-state index contributed by atoms with van der Waals surface area (Å²) in [6.45, 7) is 0.792. The molecule has 0 atom stereocenters. The number of Topliss-reactive ketones (excluding diaryl/α,β-unsaturated/α-hetero) is 1. The standard InChI is InChI=1S/C11H12FNO3/c1-13-6-8(14)7-2-3-9-11(10(7)12)16-5-4-15-9/h2-3,13H,4-6H2,1H3. The highest BCUT2D eigenvalue weighted by Gasteiger charge is 2.22. The van der Waals surface area contributed by atoms with E-state index >= 15 is 0 Å². The summed E-state index contributed by atoms with van der Waals surface area (Å²) in [4.78, 5) is 11.6. The third-order valence-electron chi connectivity index (χ3n) is 2.29. The molecule has 1 N–H and O–H groups in total. The second kappa shape index (κ2) is 4.49. The summed E-state index contributed by atoms with van der Waals surface area (Å²) in [7, 11) is 1.63. The van der Waals surface area contributed by atoms with Crippen molar-refractivity contribution in [2.24, 2.45) is 0 Å². The predicted molar refractivity (Wildman–Crippen MR) is 55.6 cm³/mol. The second-order valence-corrected chi connectivity index (χ2v) is 3.40. The molecule has 0 saturated heterocycles. The Kier molecular flexibility index (Phi) is 3.05. The molecule has 0 amide bonds. The fourth-order valence-electron chi connectivity index (χ4n) is 1.55. The van der Waals surface area contributed by atoms with Crippen molar-refractivity contribution in [2.75, 3.05) is 26.8 Å². The highest BCUT2D eigenvalue weighted by atomic mass is 19.1. The molecule has 0 aromatic heterocycles. The van der Waals surface area contributed by atoms with Crippen molar-refractivity contribution >= 4 is 5.78 Å². The van der Waals surface area contributed by atoms with Crippen LogP contribution < -0.4 is 14.8 Å². The first-order chi connectivity index (χ1) is 7.74. The number of ketones is 1. The van der Waals surface area contributed by atoms with E-state index in [0.29, 0.717) is 19.0 Å². The van der Waals surface area contributed by atoms with Gasteiger partial charge in [0.15, 0.2) is 23.1 Å². The van der Waals surface area contributed by atoms with Gasteiger partial charge in [-0.2, -0.15) is 0 Å². The lowest BCUT2D eigenvalue weighted by Gasteiger charge is -2.19. The van der Waals surface area contributed by atoms with Gasteiger partial charge in [0.25, 0.3) is 0 Å². The van der Waals surface area contributed by atoms with E-state index in [1.807, 2.05) is 0 Å². The maximum Gasteiger partial charge on any atom is 0.197 e. The van der Waals surface area contributed by atoms with Gasteiger partial charge in [-0.1, -0.05) is 0 Å². The maximum atomic E-state index is 13.9. The monoisotopic (exact) mass is 225 g/mol. The fourth-order valence-corrected chi connectivity index (χ4v) is 1.55. The summed E-state index contributed by atoms with van der Waals surface area (Å²) in [5, 5.41) is 2.68. The van der Waals surface area contributed by atoms with Crippen LogP contribution in [0.1, 0.15) is 10.4 Å². The van der Waals surface area contributed by atoms with Crippen LogP contribution in [0.3, 0.4) is 0 Å². The number of benzene rings is 1. The summed E-state index contributed by atoms with van der Waals surface area (Å²) < 4.78 is 24.2. The third kappa shape index (κ3) is 1.86. The van der Waals surface area contributed by atoms with Crippen molar-refractivity contribution in [1.82, 2.24) is 5.32 Å². The number of ether oxygens (including phenoxy) is 2. The number of likely N-dealkylation sites (N-methyl/N-ethyl adjacent to an activating group) is 1. The molecule has 5 heteroatoms. The Morgan fingerprint density at radius 3 is 2.94 bits per heavy atom. The Morgan fingerprint density at radius 2 is 2.19 bits per heavy atom. The topological polar surface area (TPSA) is 47.6 Å². The van der Waals surface area contributed by atoms with Gasteiger partial charge in [-0.3, -0.25) is 4.79 Å². The number of rotatable bonds is 3. The average molecular weight is 225 g/mol. The summed E-state index contributed by atoms with van der Waals surface area (Å²) in [5.41, 5.74) is 0.0265. The van der Waals surface area contributed by atoms with E-state index in [1.165, 1.54) is 6.07 Å². The van der Waals surface area contributed by atoms with Crippen LogP contribution in [-0.2, 0) is 0 Å². The van der Waals surface area contributed by atoms with Gasteiger partial charge >= 0.3 is 0 Å². The number of carbonyl (C=O) groups is 1. The molecule has 0 bridgehead atoms. The lowest BCUT2D eigenvalue weighted by molar-refractivity contribution is 0.0986. The van der Waals surface area contributed by atoms with E-state index in [4.69, 9.17) is 9.47 Å². The van der Waals surface area contributed by atoms with Crippen LogP contribution >= 0.6 is 0 Å². The molecule has 0 saturated carbocycles. The van der Waals surface area contributed by atoms with Crippen LogP contribution in [0, 0.1) is 5.82 Å². The predicted octanol–water partition coefficient (Wildman–Crippen LogP) is 0.999. The molecule has 0 radical (unpaired) electrons. The summed E-state index contributed by atoms with van der Waals surface area (Å²) >= 11 is 0. The molecule has 2 rings (SSSR count). The average Bonchev–Trinajstić information content (AvgIpc) is 2.30. The quantitative estimate of drug-likeness (QED) is 0.779. The van der Waals surface area contributed by atoms with E-state index in [0.717, 1.165) is 0 Å². The molecular weight excluding hydrogens is 213 g/mol. The molecule has 0 unspecified atom stereocenters. The second-order valence-electron chi connectivity index (χ2n) is 3.40. The van der Waals surface area contributed by atoms with Crippen LogP contribution in [0.5, 0.6) is 11.5 Å². The Bertz CT molecular complexity index is 420. The van der Waals surface area contributed by atoms with Gasteiger partial charge in [0.2, 0.25) is 0 Å². The van der Waals surface area contributed by atoms with E-state index in [1.54, 1.807) is 13.1 Å². The van der Waals surface area contributed by atoms with Crippen molar-refractivity contribution < 1.29 is 18.7 Å². The first-order valence-corrected chi connectivity index (χ1v) is 5.00. The minimum Gasteiger partial charge on any atom is -0.486 e. The summed E-state index contributed by atoms with van der Waals surface area (Å²) in [6.07, 6.45) is 0. The van der Waals surface area contributed by atoms with Gasteiger partial charge in [0.1, 0.15) is 13.2 Å². The molecule has 0 fully saturated rings. The molecule has 1 aliphatic heterocycles. The Hall–Kier alpha value is -1.62. The zero-order chi connectivity index (χ0) is 11.5. The SMILES string of the molecule is CNCC(=O)c1ccc2c(c1F)OCCO2. The molecule has 0 spiro atoms. The number of hydrogen-bond donors (Lipinski definition) is 1. The van der Waals surface area contributed by atoms with Crippen LogP contribution in [0.15, 0.2) is 12.1 Å². The van der Waals surface area contributed by atoms with Gasteiger partial charge in [0.05, 0.1) is 12.1 Å². The molecule has 16 heavy (non-hydrogen) atoms. The number of fused-ring (bicyclic) bond motifs is 1. The lowest BCUT2D eigenvalue weighted by Crippen LogP contribution is -2.21. The first kappa shape index (κ1) is 10.9. The molecule has 1 aromatic carbocycles. The van der Waals surface area contributed by atoms with Crippen molar-refractivity contribution in [2.45, 2.75) is 0 Å². The van der Waals surface area contributed by atoms with Gasteiger partial charge in [0, 0.05) is 0 Å². The molecule has 4 nitrogen and oxygen atoms in total. The van der Waals surface area contributed by atoms with E-state index in [-0.39, 0.29) is 23.6 Å². The smallest absolute Gasteiger partial charge is 0.197 e. The number of hydrogen-bond acceptors (Lipinski definition) is 4. The minimum absolute atomic E-state index is 0.0265. The number of carbonyl (C=O) groups excluding carboxylic acids is 1. The van der Waals surface area contributed by atoms with Gasteiger partial charge < -0.3 is 14.8 Å². The maximum absolute atomic E-state index is 13.9. The Morgan fingerprint density at radius 1 is 1.44 bits per heavy atom. The minimum atomic E-state index is -0.641. The largest absolute Gasteiger partial charge is 0.486 e. The molecular formula is C11H12FNO3. The molecule has 1 heterocycles. The zero-order valence-electron chi connectivity index (χ0n) is 8.88. The van der Waals surface area contributed by atoms with E-state index in [2.05, 4.69) is 5.32 Å².